The van der Waals surface area contributed by atoms with Crippen LogP contribution in [0.2, 0.25) is 0 Å². The van der Waals surface area contributed by atoms with Crippen molar-refractivity contribution in [1.82, 2.24) is 4.57 Å². The normalized spacial score (nSPS) is 16.0. The number of nitrogens with zero attached hydrogens (tertiary/aromatic N) is 1. The molecule has 1 aliphatic carbocycles. The third-order valence-corrected chi connectivity index (χ3v) is 2.81. The lowest BCUT2D eigenvalue weighted by molar-refractivity contribution is 0.111. The van der Waals surface area contributed by atoms with E-state index in [1.165, 1.54) is 23.7 Å². The quantitative estimate of drug-likeness (QED) is 0.659. The van der Waals surface area contributed by atoms with Gasteiger partial charge in [0.15, 0.2) is 6.29 Å². The Morgan fingerprint density at radius 2 is 2.07 bits per heavy atom. The summed E-state index contributed by atoms with van der Waals surface area (Å²) < 4.78 is 2.17. The third kappa shape index (κ3) is 1.00. The van der Waals surface area contributed by atoms with Crippen LogP contribution in [0.5, 0.6) is 0 Å². The van der Waals surface area contributed by atoms with Gasteiger partial charge in [0.2, 0.25) is 0 Å². The number of aromatic nitrogens is 1. The molecule has 2 nitrogen and oxygen atoms in total. The average Bonchev–Trinajstić information content (AvgIpc) is 2.98. The largest absolute Gasteiger partial charge is 0.335 e. The van der Waals surface area contributed by atoms with Crippen molar-refractivity contribution in [3.8, 4) is 0 Å². The molecule has 1 aromatic heterocycles. The molecule has 1 saturated carbocycles. The van der Waals surface area contributed by atoms with Crippen molar-refractivity contribution in [2.45, 2.75) is 18.9 Å². The van der Waals surface area contributed by atoms with Crippen molar-refractivity contribution in [2.75, 3.05) is 0 Å². The monoisotopic (exact) mass is 185 g/mol. The van der Waals surface area contributed by atoms with Gasteiger partial charge in [-0.05, 0) is 25.0 Å². The molecule has 3 rings (SSSR count). The smallest absolute Gasteiger partial charge is 0.166 e. The van der Waals surface area contributed by atoms with Crippen molar-refractivity contribution in [3.05, 3.63) is 36.0 Å². The molecule has 70 valence electrons. The summed E-state index contributed by atoms with van der Waals surface area (Å²) in [4.78, 5) is 10.9. The maximum atomic E-state index is 10.9. The molecule has 0 aliphatic heterocycles. The minimum Gasteiger partial charge on any atom is -0.335 e. The van der Waals surface area contributed by atoms with Crippen molar-refractivity contribution in [2.24, 2.45) is 0 Å². The predicted molar refractivity (Wildman–Crippen MR) is 55.6 cm³/mol. The van der Waals surface area contributed by atoms with E-state index in [2.05, 4.69) is 16.7 Å². The van der Waals surface area contributed by atoms with Crippen molar-refractivity contribution in [1.29, 1.82) is 0 Å². The number of benzene rings is 1. The fourth-order valence-electron chi connectivity index (χ4n) is 2.03. The summed E-state index contributed by atoms with van der Waals surface area (Å²) in [5.74, 6) is 0. The molecular formula is C12H11NO. The van der Waals surface area contributed by atoms with Crippen LogP contribution in [0.15, 0.2) is 30.3 Å². The van der Waals surface area contributed by atoms with E-state index >= 15 is 0 Å². The highest BCUT2D eigenvalue weighted by molar-refractivity contribution is 5.89. The number of carbonyl (C=O) groups is 1. The van der Waals surface area contributed by atoms with Crippen LogP contribution in [0.4, 0.5) is 0 Å². The Labute approximate surface area is 82.1 Å². The first-order valence-corrected chi connectivity index (χ1v) is 4.95. The molecule has 2 heteroatoms. The molecule has 0 atom stereocenters. The number of fused-ring (bicyclic) bond motifs is 1. The highest BCUT2D eigenvalue weighted by atomic mass is 16.1. The first kappa shape index (κ1) is 7.80. The number of hydrogen-bond donors (Lipinski definition) is 0. The Hall–Kier alpha value is -1.57. The van der Waals surface area contributed by atoms with Crippen molar-refractivity contribution in [3.63, 3.8) is 0 Å². The molecule has 1 aromatic carbocycles. The maximum absolute atomic E-state index is 10.9. The second-order valence-electron chi connectivity index (χ2n) is 3.85. The van der Waals surface area contributed by atoms with E-state index in [9.17, 15) is 4.79 Å². The molecule has 1 heterocycles. The maximum Gasteiger partial charge on any atom is 0.166 e. The number of para-hydroxylation sites is 1. The molecule has 0 unspecified atom stereocenters. The van der Waals surface area contributed by atoms with Gasteiger partial charge < -0.3 is 4.57 Å². The molecule has 2 aromatic rings. The van der Waals surface area contributed by atoms with Gasteiger partial charge in [0.05, 0.1) is 5.69 Å². The number of aldehydes is 1. The molecule has 0 radical (unpaired) electrons. The van der Waals surface area contributed by atoms with Crippen molar-refractivity contribution >= 4 is 17.2 Å². The van der Waals surface area contributed by atoms with Crippen molar-refractivity contribution < 1.29 is 4.79 Å². The summed E-state index contributed by atoms with van der Waals surface area (Å²) in [6, 6.07) is 10.7. The Kier molecular flexibility index (Phi) is 1.51. The summed E-state index contributed by atoms with van der Waals surface area (Å²) in [7, 11) is 0. The predicted octanol–water partition coefficient (Wildman–Crippen LogP) is 2.79. The highest BCUT2D eigenvalue weighted by Crippen LogP contribution is 2.39. The van der Waals surface area contributed by atoms with E-state index in [0.29, 0.717) is 6.04 Å². The Morgan fingerprint density at radius 3 is 2.79 bits per heavy atom. The van der Waals surface area contributed by atoms with Gasteiger partial charge in [0.1, 0.15) is 0 Å². The van der Waals surface area contributed by atoms with Gasteiger partial charge in [-0.15, -0.1) is 0 Å². The SMILES string of the molecule is O=Cc1cc2ccccc2n1C1CC1. The lowest BCUT2D eigenvalue weighted by Gasteiger charge is -2.03. The highest BCUT2D eigenvalue weighted by Gasteiger charge is 2.26. The molecule has 1 fully saturated rings. The number of rotatable bonds is 2. The van der Waals surface area contributed by atoms with E-state index in [1.807, 2.05) is 18.2 Å². The van der Waals surface area contributed by atoms with E-state index in [-0.39, 0.29) is 0 Å². The topological polar surface area (TPSA) is 22.0 Å². The van der Waals surface area contributed by atoms with E-state index < -0.39 is 0 Å². The lowest BCUT2D eigenvalue weighted by atomic mass is 10.2. The molecule has 1 aliphatic rings. The van der Waals surface area contributed by atoms with E-state index in [0.717, 1.165) is 12.0 Å². The summed E-state index contributed by atoms with van der Waals surface area (Å²) in [5, 5.41) is 1.17. The van der Waals surface area contributed by atoms with Gasteiger partial charge >= 0.3 is 0 Å². The fourth-order valence-corrected chi connectivity index (χ4v) is 2.03. The molecule has 0 N–H and O–H groups in total. The zero-order valence-electron chi connectivity index (χ0n) is 7.81. The molecule has 0 saturated heterocycles. The lowest BCUT2D eigenvalue weighted by Crippen LogP contribution is -1.98. The van der Waals surface area contributed by atoms with Gasteiger partial charge in [0.25, 0.3) is 0 Å². The fraction of sp³-hybridized carbons (Fsp3) is 0.250. The average molecular weight is 185 g/mol. The van der Waals surface area contributed by atoms with E-state index in [1.54, 1.807) is 0 Å². The Bertz CT molecular complexity index is 494. The minimum absolute atomic E-state index is 0.565. The number of carbonyl (C=O) groups excluding carboxylic acids is 1. The van der Waals surface area contributed by atoms with Crippen LogP contribution >= 0.6 is 0 Å². The van der Waals surface area contributed by atoms with Crippen LogP contribution in [-0.2, 0) is 0 Å². The standard InChI is InChI=1S/C12H11NO/c14-8-11-7-9-3-1-2-4-12(9)13(11)10-5-6-10/h1-4,7-8,10H,5-6H2. The minimum atomic E-state index is 0.565. The molecule has 0 amide bonds. The Balaban J connectivity index is 2.35. The second-order valence-corrected chi connectivity index (χ2v) is 3.85. The number of hydrogen-bond acceptors (Lipinski definition) is 1. The molecule has 0 spiro atoms. The zero-order valence-corrected chi connectivity index (χ0v) is 7.81. The van der Waals surface area contributed by atoms with Gasteiger partial charge in [-0.2, -0.15) is 0 Å². The summed E-state index contributed by atoms with van der Waals surface area (Å²) in [5.41, 5.74) is 2.01. The van der Waals surface area contributed by atoms with Crippen LogP contribution in [0.3, 0.4) is 0 Å². The first-order valence-electron chi connectivity index (χ1n) is 4.95. The summed E-state index contributed by atoms with van der Waals surface area (Å²) >= 11 is 0. The first-order chi connectivity index (χ1) is 6.90. The van der Waals surface area contributed by atoms with Crippen LogP contribution < -0.4 is 0 Å². The van der Waals surface area contributed by atoms with Gasteiger partial charge in [-0.3, -0.25) is 4.79 Å². The van der Waals surface area contributed by atoms with E-state index in [4.69, 9.17) is 0 Å². The van der Waals surface area contributed by atoms with Gasteiger partial charge in [-0.25, -0.2) is 0 Å². The molecule has 14 heavy (non-hydrogen) atoms. The van der Waals surface area contributed by atoms with Crippen LogP contribution in [0.25, 0.3) is 10.9 Å². The van der Waals surface area contributed by atoms with Gasteiger partial charge in [0, 0.05) is 16.9 Å². The zero-order chi connectivity index (χ0) is 9.54. The van der Waals surface area contributed by atoms with Crippen LogP contribution in [0, 0.1) is 0 Å². The van der Waals surface area contributed by atoms with Crippen LogP contribution in [-0.4, -0.2) is 10.9 Å². The Morgan fingerprint density at radius 1 is 1.29 bits per heavy atom. The summed E-state index contributed by atoms with van der Waals surface area (Å²) in [6.45, 7) is 0. The third-order valence-electron chi connectivity index (χ3n) is 2.81. The molecular weight excluding hydrogens is 174 g/mol. The summed E-state index contributed by atoms with van der Waals surface area (Å²) in [6.07, 6.45) is 3.37. The van der Waals surface area contributed by atoms with Gasteiger partial charge in [-0.1, -0.05) is 18.2 Å². The molecule has 0 bridgehead atoms. The van der Waals surface area contributed by atoms with Crippen LogP contribution in [0.1, 0.15) is 29.4 Å². The second kappa shape index (κ2) is 2.71.